The van der Waals surface area contributed by atoms with Crippen molar-refractivity contribution >= 4 is 34.0 Å². The van der Waals surface area contributed by atoms with Gasteiger partial charge in [0, 0.05) is 28.4 Å². The Balaban J connectivity index is 1.68. The van der Waals surface area contributed by atoms with Crippen molar-refractivity contribution in [2.75, 3.05) is 5.32 Å². The second-order valence-corrected chi connectivity index (χ2v) is 7.09. The first-order chi connectivity index (χ1) is 11.9. The number of nitrogens with zero attached hydrogens (tertiary/aromatic N) is 2. The van der Waals surface area contributed by atoms with Crippen molar-refractivity contribution in [2.45, 2.75) is 19.4 Å². The monoisotopic (exact) mass is 373 g/mol. The van der Waals surface area contributed by atoms with Crippen LogP contribution in [0.4, 0.5) is 5.13 Å². The molecule has 0 radical (unpaired) electrons. The minimum atomic E-state index is -1.06. The van der Waals surface area contributed by atoms with Gasteiger partial charge in [-0.05, 0) is 50.2 Å². The number of ether oxygens (including phenoxy) is 1. The number of anilines is 1. The van der Waals surface area contributed by atoms with Crippen molar-refractivity contribution in [2.24, 2.45) is 0 Å². The molecule has 3 aromatic rings. The Kier molecular flexibility index (Phi) is 5.01. The van der Waals surface area contributed by atoms with Crippen LogP contribution in [0.1, 0.15) is 13.8 Å². The van der Waals surface area contributed by atoms with Gasteiger partial charge in [0.25, 0.3) is 5.91 Å². The van der Waals surface area contributed by atoms with Crippen molar-refractivity contribution in [3.63, 3.8) is 0 Å². The number of pyridine rings is 1. The first-order valence-electron chi connectivity index (χ1n) is 7.56. The van der Waals surface area contributed by atoms with Crippen LogP contribution in [-0.4, -0.2) is 21.5 Å². The molecule has 1 amide bonds. The van der Waals surface area contributed by atoms with Gasteiger partial charge in [0.1, 0.15) is 5.75 Å². The van der Waals surface area contributed by atoms with Crippen LogP contribution < -0.4 is 10.1 Å². The van der Waals surface area contributed by atoms with Crippen molar-refractivity contribution in [1.82, 2.24) is 9.97 Å². The van der Waals surface area contributed by atoms with E-state index in [0.717, 1.165) is 11.3 Å². The summed E-state index contributed by atoms with van der Waals surface area (Å²) in [5.74, 6) is 0.286. The maximum Gasteiger partial charge on any atom is 0.269 e. The zero-order valence-electron chi connectivity index (χ0n) is 13.7. The van der Waals surface area contributed by atoms with Gasteiger partial charge >= 0.3 is 0 Å². The molecule has 5 nitrogen and oxygen atoms in total. The van der Waals surface area contributed by atoms with E-state index in [1.807, 2.05) is 17.5 Å². The Labute approximate surface area is 154 Å². The first-order valence-corrected chi connectivity index (χ1v) is 8.82. The molecule has 3 rings (SSSR count). The van der Waals surface area contributed by atoms with Gasteiger partial charge in [0.2, 0.25) is 0 Å². The van der Waals surface area contributed by atoms with E-state index in [1.54, 1.807) is 50.5 Å². The number of thiazole rings is 1. The minimum absolute atomic E-state index is 0.283. The van der Waals surface area contributed by atoms with Crippen LogP contribution in [-0.2, 0) is 4.79 Å². The fraction of sp³-hybridized carbons (Fsp3) is 0.167. The van der Waals surface area contributed by atoms with Crippen LogP contribution in [0.3, 0.4) is 0 Å². The predicted molar refractivity (Wildman–Crippen MR) is 100 cm³/mol. The molecule has 0 aliphatic heterocycles. The molecule has 0 fully saturated rings. The number of nitrogens with one attached hydrogen (secondary N) is 1. The molecule has 0 saturated heterocycles. The molecule has 7 heteroatoms. The number of amides is 1. The Hall–Kier alpha value is -2.44. The highest BCUT2D eigenvalue weighted by atomic mass is 35.5. The lowest BCUT2D eigenvalue weighted by molar-refractivity contribution is -0.128. The lowest BCUT2D eigenvalue weighted by atomic mass is 10.1. The average molecular weight is 374 g/mol. The number of carbonyl (C=O) groups is 1. The number of carbonyl (C=O) groups excluding carboxylic acids is 1. The standard InChI is InChI=1S/C18H16ClN3O2S/c1-18(2,24-14-7-5-13(19)6-8-14)16(23)22-17-21-15(11-25-17)12-4-3-9-20-10-12/h3-11H,1-2H3,(H,21,22,23). The highest BCUT2D eigenvalue weighted by Gasteiger charge is 2.30. The van der Waals surface area contributed by atoms with Crippen LogP contribution in [0, 0.1) is 0 Å². The zero-order chi connectivity index (χ0) is 17.9. The molecule has 2 heterocycles. The predicted octanol–water partition coefficient (Wildman–Crippen LogP) is 4.65. The summed E-state index contributed by atoms with van der Waals surface area (Å²) >= 11 is 7.21. The Morgan fingerprint density at radius 3 is 2.68 bits per heavy atom. The minimum Gasteiger partial charge on any atom is -0.478 e. The van der Waals surface area contributed by atoms with Gasteiger partial charge in [-0.2, -0.15) is 0 Å². The van der Waals surface area contributed by atoms with Gasteiger partial charge in [0.15, 0.2) is 10.7 Å². The molecule has 2 aromatic heterocycles. The Morgan fingerprint density at radius 2 is 2.00 bits per heavy atom. The molecule has 0 saturated carbocycles. The largest absolute Gasteiger partial charge is 0.478 e. The van der Waals surface area contributed by atoms with Crippen LogP contribution >= 0.6 is 22.9 Å². The van der Waals surface area contributed by atoms with Gasteiger partial charge in [-0.15, -0.1) is 11.3 Å². The lowest BCUT2D eigenvalue weighted by Gasteiger charge is -2.24. The summed E-state index contributed by atoms with van der Waals surface area (Å²) in [7, 11) is 0. The zero-order valence-corrected chi connectivity index (χ0v) is 15.3. The summed E-state index contributed by atoms with van der Waals surface area (Å²) in [4.78, 5) is 21.0. The van der Waals surface area contributed by atoms with Crippen LogP contribution in [0.15, 0.2) is 54.2 Å². The topological polar surface area (TPSA) is 64.1 Å². The van der Waals surface area contributed by atoms with Gasteiger partial charge < -0.3 is 4.74 Å². The fourth-order valence-corrected chi connectivity index (χ4v) is 2.91. The molecule has 0 unspecified atom stereocenters. The summed E-state index contributed by atoms with van der Waals surface area (Å²) in [6.45, 7) is 3.40. The van der Waals surface area contributed by atoms with Crippen molar-refractivity contribution in [3.05, 3.63) is 59.2 Å². The molecule has 0 spiro atoms. The number of rotatable bonds is 5. The fourth-order valence-electron chi connectivity index (χ4n) is 2.07. The van der Waals surface area contributed by atoms with Crippen LogP contribution in [0.5, 0.6) is 5.75 Å². The molecule has 1 aromatic carbocycles. The van der Waals surface area contributed by atoms with E-state index in [0.29, 0.717) is 15.9 Å². The molecular weight excluding hydrogens is 358 g/mol. The molecule has 0 bridgehead atoms. The van der Waals surface area contributed by atoms with Crippen molar-refractivity contribution in [3.8, 4) is 17.0 Å². The lowest BCUT2D eigenvalue weighted by Crippen LogP contribution is -2.42. The number of benzene rings is 1. The maximum atomic E-state index is 12.5. The molecule has 128 valence electrons. The number of halogens is 1. The van der Waals surface area contributed by atoms with E-state index in [4.69, 9.17) is 16.3 Å². The third-order valence-electron chi connectivity index (χ3n) is 3.42. The summed E-state index contributed by atoms with van der Waals surface area (Å²) < 4.78 is 5.78. The van der Waals surface area contributed by atoms with E-state index in [-0.39, 0.29) is 5.91 Å². The normalized spacial score (nSPS) is 11.2. The molecule has 0 atom stereocenters. The van der Waals surface area contributed by atoms with Gasteiger partial charge in [-0.1, -0.05) is 11.6 Å². The molecule has 1 N–H and O–H groups in total. The summed E-state index contributed by atoms with van der Waals surface area (Å²) in [5.41, 5.74) is 0.606. The van der Waals surface area contributed by atoms with Gasteiger partial charge in [0.05, 0.1) is 5.69 Å². The second kappa shape index (κ2) is 7.21. The van der Waals surface area contributed by atoms with E-state index in [2.05, 4.69) is 15.3 Å². The molecule has 0 aliphatic rings. The Morgan fingerprint density at radius 1 is 1.24 bits per heavy atom. The third-order valence-corrected chi connectivity index (χ3v) is 4.43. The van der Waals surface area contributed by atoms with E-state index in [9.17, 15) is 4.79 Å². The smallest absolute Gasteiger partial charge is 0.269 e. The first kappa shape index (κ1) is 17.4. The third kappa shape index (κ3) is 4.35. The highest BCUT2D eigenvalue weighted by molar-refractivity contribution is 7.14. The van der Waals surface area contributed by atoms with Gasteiger partial charge in [-0.3, -0.25) is 15.1 Å². The van der Waals surface area contributed by atoms with E-state index in [1.165, 1.54) is 11.3 Å². The average Bonchev–Trinajstić information content (AvgIpc) is 3.06. The molecule has 0 aliphatic carbocycles. The number of hydrogen-bond donors (Lipinski definition) is 1. The number of aromatic nitrogens is 2. The summed E-state index contributed by atoms with van der Waals surface area (Å²) in [6, 6.07) is 10.6. The summed E-state index contributed by atoms with van der Waals surface area (Å²) in [6.07, 6.45) is 3.43. The SMILES string of the molecule is CC(C)(Oc1ccc(Cl)cc1)C(=O)Nc1nc(-c2cccnc2)cs1. The van der Waals surface area contributed by atoms with Gasteiger partial charge in [-0.25, -0.2) is 4.98 Å². The van der Waals surface area contributed by atoms with Crippen molar-refractivity contribution in [1.29, 1.82) is 0 Å². The number of hydrogen-bond acceptors (Lipinski definition) is 5. The quantitative estimate of drug-likeness (QED) is 0.706. The molecule has 25 heavy (non-hydrogen) atoms. The highest BCUT2D eigenvalue weighted by Crippen LogP contribution is 2.26. The Bertz CT molecular complexity index is 864. The van der Waals surface area contributed by atoms with E-state index < -0.39 is 5.60 Å². The summed E-state index contributed by atoms with van der Waals surface area (Å²) in [5, 5.41) is 5.80. The maximum absolute atomic E-state index is 12.5. The van der Waals surface area contributed by atoms with E-state index >= 15 is 0 Å². The molecular formula is C18H16ClN3O2S. The van der Waals surface area contributed by atoms with Crippen LogP contribution in [0.2, 0.25) is 5.02 Å². The second-order valence-electron chi connectivity index (χ2n) is 5.80. The van der Waals surface area contributed by atoms with Crippen molar-refractivity contribution < 1.29 is 9.53 Å². The van der Waals surface area contributed by atoms with Crippen LogP contribution in [0.25, 0.3) is 11.3 Å².